The summed E-state index contributed by atoms with van der Waals surface area (Å²) in [6, 6.07) is 6.54. The fourth-order valence-corrected chi connectivity index (χ4v) is 3.92. The van der Waals surface area contributed by atoms with E-state index in [0.717, 1.165) is 37.7 Å². The number of aryl methyl sites for hydroxylation is 1. The smallest absolute Gasteiger partial charge is 0.410 e. The Bertz CT molecular complexity index is 672. The highest BCUT2D eigenvalue weighted by Gasteiger charge is 2.28. The van der Waals surface area contributed by atoms with Crippen LogP contribution in [0.5, 0.6) is 0 Å². The highest BCUT2D eigenvalue weighted by Crippen LogP contribution is 2.22. The molecule has 0 spiro atoms. The van der Waals surface area contributed by atoms with Gasteiger partial charge in [-0.3, -0.25) is 4.18 Å². The Morgan fingerprint density at radius 1 is 1.19 bits per heavy atom. The summed E-state index contributed by atoms with van der Waals surface area (Å²) < 4.78 is 35.0. The molecule has 1 aromatic carbocycles. The molecule has 2 rings (SSSR count). The van der Waals surface area contributed by atoms with Gasteiger partial charge in [-0.1, -0.05) is 31.0 Å². The van der Waals surface area contributed by atoms with Crippen molar-refractivity contribution in [3.63, 3.8) is 0 Å². The number of piperidine rings is 1. The number of amides is 1. The van der Waals surface area contributed by atoms with Gasteiger partial charge in [0.1, 0.15) is 0 Å². The minimum Gasteiger partial charge on any atom is -0.449 e. The molecule has 1 aliphatic heterocycles. The number of hydrogen-bond acceptors (Lipinski definition) is 5. The number of carbonyl (C=O) groups is 1. The lowest BCUT2D eigenvalue weighted by Gasteiger charge is -2.34. The van der Waals surface area contributed by atoms with E-state index in [4.69, 9.17) is 8.92 Å². The summed E-state index contributed by atoms with van der Waals surface area (Å²) in [5, 5.41) is 0. The normalized spacial score (nSPS) is 17.9. The van der Waals surface area contributed by atoms with Gasteiger partial charge >= 0.3 is 6.09 Å². The summed E-state index contributed by atoms with van der Waals surface area (Å²) in [4.78, 5) is 14.1. The predicted octanol–water partition coefficient (Wildman–Crippen LogP) is 3.88. The second kappa shape index (κ2) is 9.92. The van der Waals surface area contributed by atoms with Crippen LogP contribution in [0.25, 0.3) is 0 Å². The lowest BCUT2D eigenvalue weighted by Crippen LogP contribution is -2.44. The Hall–Kier alpha value is -1.60. The zero-order chi connectivity index (χ0) is 19.0. The molecule has 0 aromatic heterocycles. The van der Waals surface area contributed by atoms with Crippen LogP contribution in [0, 0.1) is 6.92 Å². The Labute approximate surface area is 156 Å². The van der Waals surface area contributed by atoms with Crippen LogP contribution < -0.4 is 0 Å². The lowest BCUT2D eigenvalue weighted by atomic mass is 10.0. The van der Waals surface area contributed by atoms with Crippen LogP contribution in [-0.2, 0) is 19.0 Å². The molecule has 0 N–H and O–H groups in total. The Morgan fingerprint density at radius 3 is 2.62 bits per heavy atom. The molecule has 146 valence electrons. The number of ether oxygens (including phenoxy) is 1. The van der Waals surface area contributed by atoms with Gasteiger partial charge in [0.15, 0.2) is 0 Å². The zero-order valence-electron chi connectivity index (χ0n) is 15.6. The van der Waals surface area contributed by atoms with Crippen LogP contribution in [-0.4, -0.2) is 45.2 Å². The van der Waals surface area contributed by atoms with Gasteiger partial charge in [-0.15, -0.1) is 0 Å². The minimum atomic E-state index is -3.77. The molecule has 1 heterocycles. The molecule has 1 atom stereocenters. The van der Waals surface area contributed by atoms with Crippen LogP contribution in [0.1, 0.15) is 51.0 Å². The maximum atomic E-state index is 12.2. The van der Waals surface area contributed by atoms with Gasteiger partial charge in [-0.05, 0) is 51.2 Å². The third-order valence-electron chi connectivity index (χ3n) is 4.58. The van der Waals surface area contributed by atoms with E-state index in [1.54, 1.807) is 29.2 Å². The van der Waals surface area contributed by atoms with Crippen molar-refractivity contribution in [2.24, 2.45) is 0 Å². The van der Waals surface area contributed by atoms with Crippen LogP contribution in [0.4, 0.5) is 4.79 Å². The van der Waals surface area contributed by atoms with Crippen LogP contribution >= 0.6 is 0 Å². The van der Waals surface area contributed by atoms with E-state index >= 15 is 0 Å². The largest absolute Gasteiger partial charge is 0.449 e. The average molecular weight is 384 g/mol. The first-order valence-corrected chi connectivity index (χ1v) is 10.7. The van der Waals surface area contributed by atoms with E-state index in [0.29, 0.717) is 19.6 Å². The average Bonchev–Trinajstić information content (AvgIpc) is 2.62. The van der Waals surface area contributed by atoms with Crippen molar-refractivity contribution in [3.8, 4) is 0 Å². The van der Waals surface area contributed by atoms with Gasteiger partial charge in [0.2, 0.25) is 0 Å². The zero-order valence-corrected chi connectivity index (χ0v) is 16.5. The van der Waals surface area contributed by atoms with Crippen LogP contribution in [0.3, 0.4) is 0 Å². The number of rotatable bonds is 8. The molecular weight excluding hydrogens is 354 g/mol. The molecule has 0 saturated carbocycles. The highest BCUT2D eigenvalue weighted by molar-refractivity contribution is 7.86. The molecule has 0 aliphatic carbocycles. The van der Waals surface area contributed by atoms with E-state index in [2.05, 4.69) is 0 Å². The minimum absolute atomic E-state index is 0.0360. The lowest BCUT2D eigenvalue weighted by molar-refractivity contribution is 0.0664. The molecule has 0 bridgehead atoms. The molecule has 1 unspecified atom stereocenters. The molecule has 0 radical (unpaired) electrons. The van der Waals surface area contributed by atoms with Crippen LogP contribution in [0.2, 0.25) is 0 Å². The van der Waals surface area contributed by atoms with E-state index < -0.39 is 10.1 Å². The molecular formula is C19H29NO5S. The van der Waals surface area contributed by atoms with Crippen molar-refractivity contribution < 1.29 is 22.1 Å². The Kier molecular flexibility index (Phi) is 7.90. The maximum absolute atomic E-state index is 12.2. The van der Waals surface area contributed by atoms with E-state index in [-0.39, 0.29) is 23.6 Å². The third kappa shape index (κ3) is 5.99. The van der Waals surface area contributed by atoms with Gasteiger partial charge in [-0.25, -0.2) is 4.79 Å². The molecule has 1 aliphatic rings. The first-order valence-electron chi connectivity index (χ1n) is 9.33. The van der Waals surface area contributed by atoms with Gasteiger partial charge < -0.3 is 9.64 Å². The summed E-state index contributed by atoms with van der Waals surface area (Å²) in [7, 11) is -3.77. The van der Waals surface area contributed by atoms with E-state index in [1.165, 1.54) is 0 Å². The third-order valence-corrected chi connectivity index (χ3v) is 5.91. The second-order valence-electron chi connectivity index (χ2n) is 6.69. The number of hydrogen-bond donors (Lipinski definition) is 0. The summed E-state index contributed by atoms with van der Waals surface area (Å²) in [5.74, 6) is 0. The number of nitrogens with zero attached hydrogens (tertiary/aromatic N) is 1. The van der Waals surface area contributed by atoms with Crippen molar-refractivity contribution in [2.45, 2.75) is 63.3 Å². The number of benzene rings is 1. The predicted molar refractivity (Wildman–Crippen MR) is 99.5 cm³/mol. The van der Waals surface area contributed by atoms with Gasteiger partial charge in [-0.2, -0.15) is 8.42 Å². The topological polar surface area (TPSA) is 72.9 Å². The van der Waals surface area contributed by atoms with Gasteiger partial charge in [0.25, 0.3) is 10.1 Å². The quantitative estimate of drug-likeness (QED) is 0.503. The highest BCUT2D eigenvalue weighted by atomic mass is 32.2. The molecule has 1 saturated heterocycles. The Balaban J connectivity index is 1.87. The first kappa shape index (κ1) is 20.7. The van der Waals surface area contributed by atoms with Crippen LogP contribution in [0.15, 0.2) is 29.2 Å². The van der Waals surface area contributed by atoms with Crippen molar-refractivity contribution >= 4 is 16.2 Å². The van der Waals surface area contributed by atoms with Crippen molar-refractivity contribution in [3.05, 3.63) is 29.8 Å². The molecule has 6 nitrogen and oxygen atoms in total. The summed E-state index contributed by atoms with van der Waals surface area (Å²) in [6.45, 7) is 5.08. The summed E-state index contributed by atoms with van der Waals surface area (Å²) >= 11 is 0. The fourth-order valence-electron chi connectivity index (χ4n) is 2.99. The van der Waals surface area contributed by atoms with Crippen molar-refractivity contribution in [1.29, 1.82) is 0 Å². The maximum Gasteiger partial charge on any atom is 0.410 e. The number of unbranched alkanes of at least 4 members (excludes halogenated alkanes) is 1. The monoisotopic (exact) mass is 383 g/mol. The molecule has 26 heavy (non-hydrogen) atoms. The van der Waals surface area contributed by atoms with Crippen molar-refractivity contribution in [2.75, 3.05) is 19.8 Å². The van der Waals surface area contributed by atoms with Crippen molar-refractivity contribution in [1.82, 2.24) is 4.90 Å². The standard InChI is InChI=1S/C19H29NO5S/c1-3-4-14-24-19(21)20-13-6-5-7-17(20)12-15-25-26(22,23)18-10-8-16(2)9-11-18/h8-11,17H,3-7,12-15H2,1-2H3. The Morgan fingerprint density at radius 2 is 1.92 bits per heavy atom. The van der Waals surface area contributed by atoms with Gasteiger partial charge in [0, 0.05) is 12.6 Å². The number of carbonyl (C=O) groups excluding carboxylic acids is 1. The SMILES string of the molecule is CCCCOC(=O)N1CCCCC1CCOS(=O)(=O)c1ccc(C)cc1. The molecule has 1 aromatic rings. The van der Waals surface area contributed by atoms with E-state index in [1.807, 2.05) is 13.8 Å². The number of likely N-dealkylation sites (tertiary alicyclic amines) is 1. The summed E-state index contributed by atoms with van der Waals surface area (Å²) in [5.41, 5.74) is 0.989. The molecule has 1 amide bonds. The molecule has 7 heteroatoms. The van der Waals surface area contributed by atoms with E-state index in [9.17, 15) is 13.2 Å². The molecule has 1 fully saturated rings. The fraction of sp³-hybridized carbons (Fsp3) is 0.632. The first-order chi connectivity index (χ1) is 12.4. The second-order valence-corrected chi connectivity index (χ2v) is 8.30. The van der Waals surface area contributed by atoms with Gasteiger partial charge in [0.05, 0.1) is 18.1 Å². The summed E-state index contributed by atoms with van der Waals surface area (Å²) in [6.07, 6.45) is 4.81.